The Morgan fingerprint density at radius 3 is 2.70 bits per heavy atom. The van der Waals surface area contributed by atoms with E-state index in [0.717, 1.165) is 45.1 Å². The van der Waals surface area contributed by atoms with Crippen molar-refractivity contribution >= 4 is 5.91 Å². The highest BCUT2D eigenvalue weighted by Gasteiger charge is 2.46. The molecule has 0 saturated carbocycles. The van der Waals surface area contributed by atoms with E-state index in [4.69, 9.17) is 4.74 Å². The van der Waals surface area contributed by atoms with Crippen molar-refractivity contribution in [2.75, 3.05) is 32.8 Å². The molecular formula is C23H34N2O2. The van der Waals surface area contributed by atoms with Crippen LogP contribution in [0.4, 0.5) is 0 Å². The first-order chi connectivity index (χ1) is 13.2. The predicted octanol–water partition coefficient (Wildman–Crippen LogP) is 3.74. The smallest absolute Gasteiger partial charge is 0.220 e. The number of carbonyl (C=O) groups excluding carboxylic acids is 1. The maximum atomic E-state index is 12.8. The standard InChI is InChI=1S/C23H34N2O2/c1-3-16(2)13-25-14-20-18-6-4-5-7-19(18)23(21(20)15-25)24-22(26)12-17-8-10-27-11-9-17/h4-7,16-17,20-21,23H,3,8-15H2,1-2H3,(H,24,26)/t16-,20+,21+,23-/m1/s1. The van der Waals surface area contributed by atoms with Gasteiger partial charge in [0.15, 0.2) is 0 Å². The van der Waals surface area contributed by atoms with Crippen LogP contribution < -0.4 is 5.32 Å². The first kappa shape index (κ1) is 18.9. The first-order valence-corrected chi connectivity index (χ1v) is 10.8. The lowest BCUT2D eigenvalue weighted by atomic mass is 9.93. The van der Waals surface area contributed by atoms with Crippen LogP contribution in [0, 0.1) is 17.8 Å². The first-order valence-electron chi connectivity index (χ1n) is 10.8. The molecule has 0 unspecified atom stereocenters. The number of nitrogens with one attached hydrogen (secondary N) is 1. The molecule has 3 aliphatic rings. The SMILES string of the molecule is CC[C@@H](C)CN1C[C@@H]2[C@H](NC(=O)CC3CCOCC3)c3ccccc3[C@@H]2C1. The number of rotatable bonds is 6. The normalized spacial score (nSPS) is 29.3. The average Bonchev–Trinajstić information content (AvgIpc) is 3.21. The lowest BCUT2D eigenvalue weighted by Gasteiger charge is -2.26. The monoisotopic (exact) mass is 370 g/mol. The number of hydrogen-bond acceptors (Lipinski definition) is 3. The maximum Gasteiger partial charge on any atom is 0.220 e. The van der Waals surface area contributed by atoms with E-state index in [0.29, 0.717) is 24.2 Å². The van der Waals surface area contributed by atoms with Crippen molar-refractivity contribution in [2.24, 2.45) is 17.8 Å². The Bertz CT molecular complexity index is 656. The summed E-state index contributed by atoms with van der Waals surface area (Å²) in [6, 6.07) is 8.96. The molecule has 4 heteroatoms. The van der Waals surface area contributed by atoms with Crippen LogP contribution in [0.25, 0.3) is 0 Å². The van der Waals surface area contributed by atoms with Crippen molar-refractivity contribution in [3.63, 3.8) is 0 Å². The Morgan fingerprint density at radius 1 is 1.22 bits per heavy atom. The minimum atomic E-state index is 0.181. The number of likely N-dealkylation sites (tertiary alicyclic amines) is 1. The quantitative estimate of drug-likeness (QED) is 0.829. The number of amides is 1. The Balaban J connectivity index is 1.45. The maximum absolute atomic E-state index is 12.8. The van der Waals surface area contributed by atoms with E-state index < -0.39 is 0 Å². The Hall–Kier alpha value is -1.39. The largest absolute Gasteiger partial charge is 0.381 e. The summed E-state index contributed by atoms with van der Waals surface area (Å²) in [6.45, 7) is 9.64. The summed E-state index contributed by atoms with van der Waals surface area (Å²) in [4.78, 5) is 15.4. The molecule has 2 heterocycles. The molecule has 0 spiro atoms. The molecule has 148 valence electrons. The van der Waals surface area contributed by atoms with Crippen LogP contribution in [0.5, 0.6) is 0 Å². The Labute approximate surface area is 163 Å². The van der Waals surface area contributed by atoms with Gasteiger partial charge in [0.25, 0.3) is 0 Å². The van der Waals surface area contributed by atoms with E-state index in [1.165, 1.54) is 24.1 Å². The molecule has 27 heavy (non-hydrogen) atoms. The van der Waals surface area contributed by atoms with Gasteiger partial charge in [-0.3, -0.25) is 4.79 Å². The van der Waals surface area contributed by atoms with Gasteiger partial charge >= 0.3 is 0 Å². The molecule has 1 aliphatic carbocycles. The number of carbonyl (C=O) groups is 1. The van der Waals surface area contributed by atoms with Gasteiger partial charge in [0.05, 0.1) is 6.04 Å². The second kappa shape index (κ2) is 8.32. The summed E-state index contributed by atoms with van der Waals surface area (Å²) < 4.78 is 5.43. The van der Waals surface area contributed by atoms with Crippen LogP contribution in [0.15, 0.2) is 24.3 Å². The van der Waals surface area contributed by atoms with E-state index in [1.54, 1.807) is 0 Å². The van der Waals surface area contributed by atoms with Crippen molar-refractivity contribution in [1.82, 2.24) is 10.2 Å². The molecule has 2 fully saturated rings. The number of ether oxygens (including phenoxy) is 1. The molecule has 4 nitrogen and oxygen atoms in total. The number of benzene rings is 1. The van der Waals surface area contributed by atoms with Crippen LogP contribution in [-0.2, 0) is 9.53 Å². The van der Waals surface area contributed by atoms with Crippen LogP contribution in [0.1, 0.15) is 62.6 Å². The molecule has 1 N–H and O–H groups in total. The van der Waals surface area contributed by atoms with Crippen LogP contribution in [0.3, 0.4) is 0 Å². The fraction of sp³-hybridized carbons (Fsp3) is 0.696. The number of fused-ring (bicyclic) bond motifs is 3. The van der Waals surface area contributed by atoms with Crippen molar-refractivity contribution < 1.29 is 9.53 Å². The summed E-state index contributed by atoms with van der Waals surface area (Å²) in [5, 5.41) is 3.44. The average molecular weight is 371 g/mol. The molecular weight excluding hydrogens is 336 g/mol. The second-order valence-electron chi connectivity index (χ2n) is 8.94. The van der Waals surface area contributed by atoms with Gasteiger partial charge < -0.3 is 15.0 Å². The molecule has 4 rings (SSSR count). The molecule has 1 amide bonds. The Morgan fingerprint density at radius 2 is 1.96 bits per heavy atom. The second-order valence-corrected chi connectivity index (χ2v) is 8.94. The zero-order valence-corrected chi connectivity index (χ0v) is 16.8. The van der Waals surface area contributed by atoms with Gasteiger partial charge in [0, 0.05) is 51.1 Å². The topological polar surface area (TPSA) is 41.6 Å². The van der Waals surface area contributed by atoms with Crippen molar-refractivity contribution in [3.05, 3.63) is 35.4 Å². The van der Waals surface area contributed by atoms with Gasteiger partial charge in [0.1, 0.15) is 0 Å². The van der Waals surface area contributed by atoms with Crippen molar-refractivity contribution in [1.29, 1.82) is 0 Å². The van der Waals surface area contributed by atoms with Crippen molar-refractivity contribution in [2.45, 2.75) is 51.5 Å². The summed E-state index contributed by atoms with van der Waals surface area (Å²) in [7, 11) is 0. The van der Waals surface area contributed by atoms with Gasteiger partial charge in [-0.1, -0.05) is 44.5 Å². The summed E-state index contributed by atoms with van der Waals surface area (Å²) >= 11 is 0. The van der Waals surface area contributed by atoms with Crippen molar-refractivity contribution in [3.8, 4) is 0 Å². The van der Waals surface area contributed by atoms with E-state index in [2.05, 4.69) is 48.3 Å². The zero-order chi connectivity index (χ0) is 18.8. The summed E-state index contributed by atoms with van der Waals surface area (Å²) in [5.74, 6) is 2.53. The molecule has 1 aromatic carbocycles. The molecule has 0 aromatic heterocycles. The molecule has 2 aliphatic heterocycles. The molecule has 4 atom stereocenters. The van der Waals surface area contributed by atoms with Gasteiger partial charge in [-0.15, -0.1) is 0 Å². The number of nitrogens with zero attached hydrogens (tertiary/aromatic N) is 1. The fourth-order valence-corrected chi connectivity index (χ4v) is 5.29. The third kappa shape index (κ3) is 4.07. The lowest BCUT2D eigenvalue weighted by Crippen LogP contribution is -2.35. The number of hydrogen-bond donors (Lipinski definition) is 1. The molecule has 2 saturated heterocycles. The van der Waals surface area contributed by atoms with E-state index in [-0.39, 0.29) is 11.9 Å². The minimum absolute atomic E-state index is 0.181. The molecule has 0 bridgehead atoms. The highest BCUT2D eigenvalue weighted by Crippen LogP contribution is 2.49. The van der Waals surface area contributed by atoms with Gasteiger partial charge in [0.2, 0.25) is 5.91 Å². The predicted molar refractivity (Wildman–Crippen MR) is 108 cm³/mol. The van der Waals surface area contributed by atoms with E-state index in [1.807, 2.05) is 0 Å². The highest BCUT2D eigenvalue weighted by molar-refractivity contribution is 5.77. The third-order valence-corrected chi connectivity index (χ3v) is 7.00. The summed E-state index contributed by atoms with van der Waals surface area (Å²) in [5.41, 5.74) is 2.82. The molecule has 0 radical (unpaired) electrons. The van der Waals surface area contributed by atoms with Gasteiger partial charge in [-0.05, 0) is 35.8 Å². The summed E-state index contributed by atoms with van der Waals surface area (Å²) in [6.07, 6.45) is 3.91. The minimum Gasteiger partial charge on any atom is -0.381 e. The highest BCUT2D eigenvalue weighted by atomic mass is 16.5. The fourth-order valence-electron chi connectivity index (χ4n) is 5.29. The van der Waals surface area contributed by atoms with Crippen LogP contribution in [-0.4, -0.2) is 43.7 Å². The van der Waals surface area contributed by atoms with E-state index in [9.17, 15) is 4.79 Å². The Kier molecular flexibility index (Phi) is 5.84. The van der Waals surface area contributed by atoms with Crippen LogP contribution in [0.2, 0.25) is 0 Å². The molecule has 1 aromatic rings. The van der Waals surface area contributed by atoms with E-state index >= 15 is 0 Å². The zero-order valence-electron chi connectivity index (χ0n) is 16.8. The third-order valence-electron chi connectivity index (χ3n) is 7.00. The van der Waals surface area contributed by atoms with Gasteiger partial charge in [-0.2, -0.15) is 0 Å². The lowest BCUT2D eigenvalue weighted by molar-refractivity contribution is -0.123. The van der Waals surface area contributed by atoms with Gasteiger partial charge in [-0.25, -0.2) is 0 Å². The van der Waals surface area contributed by atoms with Crippen LogP contribution >= 0.6 is 0 Å².